The summed E-state index contributed by atoms with van der Waals surface area (Å²) in [6.07, 6.45) is -4.83. The molecule has 6 nitrogen and oxygen atoms in total. The molecule has 1 heterocycles. The molecule has 5 atom stereocenters. The third-order valence-corrected chi connectivity index (χ3v) is 2.55. The Balaban J connectivity index is 2.79. The van der Waals surface area contributed by atoms with Crippen LogP contribution in [0.4, 0.5) is 0 Å². The number of hydrogen-bond donors (Lipinski definition) is 3. The fraction of sp³-hybridized carbons (Fsp3) is 1.00. The van der Waals surface area contributed by atoms with Crippen LogP contribution in [0.2, 0.25) is 0 Å². The molecule has 1 saturated heterocycles. The first-order chi connectivity index (χ1) is 7.80. The Morgan fingerprint density at radius 3 is 2.18 bits per heavy atom. The van der Waals surface area contributed by atoms with Crippen LogP contribution in [0, 0.1) is 0 Å². The van der Waals surface area contributed by atoms with E-state index in [-0.39, 0.29) is 6.61 Å². The number of methoxy groups -OCH3 is 1. The first kappa shape index (κ1) is 14.8. The Kier molecular flexibility index (Phi) is 4.88. The molecule has 0 bridgehead atoms. The summed E-state index contributed by atoms with van der Waals surface area (Å²) in [5.41, 5.74) is -0.502. The van der Waals surface area contributed by atoms with Crippen molar-refractivity contribution in [3.8, 4) is 0 Å². The highest BCUT2D eigenvalue weighted by Gasteiger charge is 2.46. The average Bonchev–Trinajstić information content (AvgIpc) is 2.24. The zero-order valence-electron chi connectivity index (χ0n) is 10.7. The molecule has 102 valence electrons. The van der Waals surface area contributed by atoms with E-state index in [1.54, 1.807) is 0 Å². The van der Waals surface area contributed by atoms with Crippen molar-refractivity contribution in [2.24, 2.45) is 0 Å². The van der Waals surface area contributed by atoms with Gasteiger partial charge in [-0.05, 0) is 20.8 Å². The SMILES string of the molecule is CO[C@@H]1OC(CO)[C@@H](O)C(O)C1OC(C)(C)C. The average molecular weight is 250 g/mol. The quantitative estimate of drug-likeness (QED) is 0.611. The molecule has 0 amide bonds. The molecule has 0 aromatic rings. The highest BCUT2D eigenvalue weighted by molar-refractivity contribution is 4.91. The number of aliphatic hydroxyl groups excluding tert-OH is 3. The smallest absolute Gasteiger partial charge is 0.186 e. The van der Waals surface area contributed by atoms with Gasteiger partial charge in [-0.1, -0.05) is 0 Å². The van der Waals surface area contributed by atoms with Gasteiger partial charge in [-0.25, -0.2) is 0 Å². The zero-order chi connectivity index (χ0) is 13.2. The molecule has 6 heteroatoms. The van der Waals surface area contributed by atoms with E-state index in [1.165, 1.54) is 7.11 Å². The molecule has 0 saturated carbocycles. The van der Waals surface area contributed by atoms with E-state index in [2.05, 4.69) is 0 Å². The monoisotopic (exact) mass is 250 g/mol. The first-order valence-corrected chi connectivity index (χ1v) is 5.63. The van der Waals surface area contributed by atoms with Crippen molar-refractivity contribution in [1.29, 1.82) is 0 Å². The van der Waals surface area contributed by atoms with Crippen LogP contribution in [0.1, 0.15) is 20.8 Å². The third kappa shape index (κ3) is 3.61. The second-order valence-electron chi connectivity index (χ2n) is 5.14. The van der Waals surface area contributed by atoms with Crippen LogP contribution in [-0.2, 0) is 14.2 Å². The predicted molar refractivity (Wildman–Crippen MR) is 59.4 cm³/mol. The van der Waals surface area contributed by atoms with E-state index in [9.17, 15) is 10.2 Å². The van der Waals surface area contributed by atoms with E-state index >= 15 is 0 Å². The molecule has 3 unspecified atom stereocenters. The summed E-state index contributed by atoms with van der Waals surface area (Å²) >= 11 is 0. The summed E-state index contributed by atoms with van der Waals surface area (Å²) in [5.74, 6) is 0. The Bertz CT molecular complexity index is 237. The molecule has 0 radical (unpaired) electrons. The van der Waals surface area contributed by atoms with Crippen molar-refractivity contribution in [3.05, 3.63) is 0 Å². The van der Waals surface area contributed by atoms with Gasteiger partial charge in [-0.15, -0.1) is 0 Å². The van der Waals surface area contributed by atoms with Gasteiger partial charge in [0.1, 0.15) is 24.4 Å². The summed E-state index contributed by atoms with van der Waals surface area (Å²) in [6, 6.07) is 0. The van der Waals surface area contributed by atoms with Crippen LogP contribution in [0.3, 0.4) is 0 Å². The normalized spacial score (nSPS) is 39.4. The van der Waals surface area contributed by atoms with Gasteiger partial charge in [0.2, 0.25) is 0 Å². The third-order valence-electron chi connectivity index (χ3n) is 2.55. The van der Waals surface area contributed by atoms with Gasteiger partial charge in [0.15, 0.2) is 6.29 Å². The topological polar surface area (TPSA) is 88.4 Å². The fourth-order valence-corrected chi connectivity index (χ4v) is 1.78. The van der Waals surface area contributed by atoms with E-state index in [0.717, 1.165) is 0 Å². The van der Waals surface area contributed by atoms with Gasteiger partial charge in [-0.3, -0.25) is 0 Å². The molecule has 0 aromatic carbocycles. The molecule has 1 aliphatic rings. The van der Waals surface area contributed by atoms with Gasteiger partial charge in [-0.2, -0.15) is 0 Å². The van der Waals surface area contributed by atoms with Crippen molar-refractivity contribution in [2.75, 3.05) is 13.7 Å². The number of hydrogen-bond acceptors (Lipinski definition) is 6. The Labute approximate surface area is 101 Å². The summed E-state index contributed by atoms with van der Waals surface area (Å²) in [6.45, 7) is 5.10. The molecule has 0 spiro atoms. The van der Waals surface area contributed by atoms with Crippen LogP contribution in [0.25, 0.3) is 0 Å². The predicted octanol–water partition coefficient (Wildman–Crippen LogP) is -0.745. The van der Waals surface area contributed by atoms with Crippen molar-refractivity contribution < 1.29 is 29.5 Å². The standard InChI is InChI=1S/C11H22O6/c1-11(2,3)17-9-8(14)7(13)6(5-12)16-10(9)15-4/h6-10,12-14H,5H2,1-4H3/t6?,7-,8?,9?,10-/m1/s1. The van der Waals surface area contributed by atoms with E-state index in [1.807, 2.05) is 20.8 Å². The Hall–Kier alpha value is -0.240. The van der Waals surface area contributed by atoms with E-state index in [0.29, 0.717) is 0 Å². The van der Waals surface area contributed by atoms with E-state index in [4.69, 9.17) is 19.3 Å². The molecule has 3 N–H and O–H groups in total. The molecule has 1 aliphatic heterocycles. The van der Waals surface area contributed by atoms with Gasteiger partial charge >= 0.3 is 0 Å². The lowest BCUT2D eigenvalue weighted by molar-refractivity contribution is -0.317. The maximum atomic E-state index is 9.96. The van der Waals surface area contributed by atoms with Crippen LogP contribution in [-0.4, -0.2) is 65.3 Å². The van der Waals surface area contributed by atoms with Crippen LogP contribution >= 0.6 is 0 Å². The minimum atomic E-state index is -1.20. The molecule has 17 heavy (non-hydrogen) atoms. The molecular formula is C11H22O6. The highest BCUT2D eigenvalue weighted by atomic mass is 16.7. The van der Waals surface area contributed by atoms with Crippen LogP contribution in [0.15, 0.2) is 0 Å². The minimum Gasteiger partial charge on any atom is -0.394 e. The Morgan fingerprint density at radius 2 is 1.76 bits per heavy atom. The summed E-state index contributed by atoms with van der Waals surface area (Å²) < 4.78 is 16.0. The lowest BCUT2D eigenvalue weighted by atomic mass is 9.98. The fourth-order valence-electron chi connectivity index (χ4n) is 1.78. The van der Waals surface area contributed by atoms with Gasteiger partial charge in [0, 0.05) is 7.11 Å². The highest BCUT2D eigenvalue weighted by Crippen LogP contribution is 2.27. The minimum absolute atomic E-state index is 0.389. The summed E-state index contributed by atoms with van der Waals surface area (Å²) in [7, 11) is 1.42. The van der Waals surface area contributed by atoms with E-state index < -0.39 is 36.3 Å². The lowest BCUT2D eigenvalue weighted by Crippen LogP contribution is -2.61. The summed E-state index contributed by atoms with van der Waals surface area (Å²) in [5, 5.41) is 28.7. The largest absolute Gasteiger partial charge is 0.394 e. The number of aliphatic hydroxyl groups is 3. The maximum Gasteiger partial charge on any atom is 0.186 e. The van der Waals surface area contributed by atoms with Gasteiger partial charge < -0.3 is 29.5 Å². The van der Waals surface area contributed by atoms with Gasteiger partial charge in [0.05, 0.1) is 12.2 Å². The van der Waals surface area contributed by atoms with Crippen molar-refractivity contribution in [3.63, 3.8) is 0 Å². The molecule has 0 aromatic heterocycles. The van der Waals surface area contributed by atoms with Crippen molar-refractivity contribution in [2.45, 2.75) is 57.1 Å². The lowest BCUT2D eigenvalue weighted by Gasteiger charge is -2.43. The van der Waals surface area contributed by atoms with Crippen LogP contribution < -0.4 is 0 Å². The first-order valence-electron chi connectivity index (χ1n) is 5.63. The second-order valence-corrected chi connectivity index (χ2v) is 5.14. The molecule has 0 aliphatic carbocycles. The summed E-state index contributed by atoms with van der Waals surface area (Å²) in [4.78, 5) is 0. The van der Waals surface area contributed by atoms with Crippen LogP contribution in [0.5, 0.6) is 0 Å². The molecule has 1 rings (SSSR count). The molecular weight excluding hydrogens is 228 g/mol. The Morgan fingerprint density at radius 1 is 1.18 bits per heavy atom. The number of rotatable bonds is 3. The zero-order valence-corrected chi connectivity index (χ0v) is 10.7. The van der Waals surface area contributed by atoms with Gasteiger partial charge in [0.25, 0.3) is 0 Å². The van der Waals surface area contributed by atoms with Crippen molar-refractivity contribution in [1.82, 2.24) is 0 Å². The number of ether oxygens (including phenoxy) is 3. The van der Waals surface area contributed by atoms with Crippen molar-refractivity contribution >= 4 is 0 Å². The molecule has 1 fully saturated rings. The maximum absolute atomic E-state index is 9.96. The second kappa shape index (κ2) is 5.60.